The molecule has 0 aliphatic carbocycles. The average Bonchev–Trinajstić information content (AvgIpc) is 2.96. The van der Waals surface area contributed by atoms with Crippen molar-refractivity contribution in [1.82, 2.24) is 4.90 Å². The lowest BCUT2D eigenvalue weighted by Gasteiger charge is -2.15. The Balaban J connectivity index is 2.06. The minimum atomic E-state index is -0.473. The molecule has 1 aliphatic rings. The number of hydrogen-bond donors (Lipinski definition) is 2. The van der Waals surface area contributed by atoms with Gasteiger partial charge in [0.05, 0.1) is 26.9 Å². The van der Waals surface area contributed by atoms with E-state index in [1.807, 2.05) is 0 Å². The Labute approximate surface area is 179 Å². The number of anilines is 2. The molecule has 0 aromatic heterocycles. The van der Waals surface area contributed by atoms with Gasteiger partial charge in [-0.15, -0.1) is 0 Å². The van der Waals surface area contributed by atoms with Crippen LogP contribution in [0.25, 0.3) is 5.57 Å². The van der Waals surface area contributed by atoms with Gasteiger partial charge in [0.25, 0.3) is 11.8 Å². The quantitative estimate of drug-likeness (QED) is 0.657. The number of hydrogen-bond acceptors (Lipinski definition) is 7. The van der Waals surface area contributed by atoms with E-state index in [9.17, 15) is 14.4 Å². The highest BCUT2D eigenvalue weighted by Gasteiger charge is 2.37. The molecule has 0 radical (unpaired) electrons. The molecular weight excluding hydrogens is 402 g/mol. The molecule has 0 saturated carbocycles. The number of carbonyl (C=O) groups excluding carboxylic acids is 3. The summed E-state index contributed by atoms with van der Waals surface area (Å²) in [6, 6.07) is 9.95. The molecule has 1 aliphatic heterocycles. The van der Waals surface area contributed by atoms with Gasteiger partial charge in [0.1, 0.15) is 5.70 Å². The number of nitrogens with one attached hydrogen (secondary N) is 2. The van der Waals surface area contributed by atoms with E-state index in [2.05, 4.69) is 10.6 Å². The van der Waals surface area contributed by atoms with Crippen molar-refractivity contribution in [3.8, 4) is 17.2 Å². The second-order valence-electron chi connectivity index (χ2n) is 6.72. The zero-order chi connectivity index (χ0) is 22.7. The average molecular weight is 425 g/mol. The minimum Gasteiger partial charge on any atom is -0.493 e. The van der Waals surface area contributed by atoms with Crippen LogP contribution < -0.4 is 24.8 Å². The molecular formula is C22H23N3O6. The molecule has 3 rings (SSSR count). The fourth-order valence-electron chi connectivity index (χ4n) is 3.25. The van der Waals surface area contributed by atoms with E-state index in [1.165, 1.54) is 35.3 Å². The molecule has 31 heavy (non-hydrogen) atoms. The van der Waals surface area contributed by atoms with Crippen LogP contribution in [-0.2, 0) is 14.4 Å². The first kappa shape index (κ1) is 21.7. The highest BCUT2D eigenvalue weighted by atomic mass is 16.5. The molecule has 0 saturated heterocycles. The summed E-state index contributed by atoms with van der Waals surface area (Å²) in [5.41, 5.74) is 1.94. The Morgan fingerprint density at radius 2 is 1.45 bits per heavy atom. The minimum absolute atomic E-state index is 0.119. The Morgan fingerprint density at radius 3 is 1.94 bits per heavy atom. The predicted molar refractivity (Wildman–Crippen MR) is 115 cm³/mol. The molecule has 2 aromatic carbocycles. The van der Waals surface area contributed by atoms with Gasteiger partial charge >= 0.3 is 0 Å². The van der Waals surface area contributed by atoms with E-state index in [4.69, 9.17) is 14.2 Å². The predicted octanol–water partition coefficient (Wildman–Crippen LogP) is 2.49. The number of ether oxygens (including phenoxy) is 3. The van der Waals surface area contributed by atoms with Crippen LogP contribution in [0.5, 0.6) is 17.2 Å². The van der Waals surface area contributed by atoms with Crippen LogP contribution in [0, 0.1) is 0 Å². The summed E-state index contributed by atoms with van der Waals surface area (Å²) in [5, 5.41) is 5.70. The van der Waals surface area contributed by atoms with Crippen LogP contribution in [0.4, 0.5) is 11.4 Å². The van der Waals surface area contributed by atoms with E-state index in [-0.39, 0.29) is 17.2 Å². The van der Waals surface area contributed by atoms with Gasteiger partial charge in [0, 0.05) is 37.5 Å². The van der Waals surface area contributed by atoms with Crippen LogP contribution in [-0.4, -0.2) is 51.0 Å². The lowest BCUT2D eigenvalue weighted by molar-refractivity contribution is -0.135. The Hall–Kier alpha value is -4.01. The summed E-state index contributed by atoms with van der Waals surface area (Å²) in [7, 11) is 5.88. The number of imide groups is 1. The van der Waals surface area contributed by atoms with E-state index in [1.54, 1.807) is 36.4 Å². The molecule has 2 N–H and O–H groups in total. The monoisotopic (exact) mass is 425 g/mol. The zero-order valence-corrected chi connectivity index (χ0v) is 17.9. The summed E-state index contributed by atoms with van der Waals surface area (Å²) >= 11 is 0. The van der Waals surface area contributed by atoms with Crippen LogP contribution in [0.1, 0.15) is 12.5 Å². The summed E-state index contributed by atoms with van der Waals surface area (Å²) in [6.07, 6.45) is 0. The van der Waals surface area contributed by atoms with Crippen LogP contribution >= 0.6 is 0 Å². The van der Waals surface area contributed by atoms with Crippen molar-refractivity contribution >= 4 is 34.7 Å². The second-order valence-corrected chi connectivity index (χ2v) is 6.72. The third-order valence-electron chi connectivity index (χ3n) is 4.72. The molecule has 1 heterocycles. The highest BCUT2D eigenvalue weighted by Crippen LogP contribution is 2.41. The van der Waals surface area contributed by atoms with Gasteiger partial charge in [-0.3, -0.25) is 19.3 Å². The molecule has 0 fully saturated rings. The largest absolute Gasteiger partial charge is 0.493 e. The summed E-state index contributed by atoms with van der Waals surface area (Å²) in [6.45, 7) is 1.41. The third kappa shape index (κ3) is 4.16. The molecule has 0 spiro atoms. The van der Waals surface area contributed by atoms with E-state index < -0.39 is 11.8 Å². The molecule has 0 bridgehead atoms. The number of carbonyl (C=O) groups is 3. The summed E-state index contributed by atoms with van der Waals surface area (Å²) in [5.74, 6) is 0.0901. The summed E-state index contributed by atoms with van der Waals surface area (Å²) < 4.78 is 16.0. The highest BCUT2D eigenvalue weighted by molar-refractivity contribution is 6.36. The molecule has 9 nitrogen and oxygen atoms in total. The van der Waals surface area contributed by atoms with Gasteiger partial charge in [-0.2, -0.15) is 0 Å². The zero-order valence-electron chi connectivity index (χ0n) is 17.9. The van der Waals surface area contributed by atoms with Crippen LogP contribution in [0.15, 0.2) is 42.1 Å². The fourth-order valence-corrected chi connectivity index (χ4v) is 3.25. The maximum atomic E-state index is 12.8. The number of likely N-dealkylation sites (N-methyl/N-ethyl adjacent to an activating group) is 1. The first-order valence-corrected chi connectivity index (χ1v) is 9.32. The van der Waals surface area contributed by atoms with Crippen molar-refractivity contribution in [3.05, 3.63) is 47.7 Å². The van der Waals surface area contributed by atoms with Crippen molar-refractivity contribution in [3.63, 3.8) is 0 Å². The molecule has 3 amide bonds. The summed E-state index contributed by atoms with van der Waals surface area (Å²) in [4.78, 5) is 37.9. The van der Waals surface area contributed by atoms with Crippen LogP contribution in [0.2, 0.25) is 0 Å². The SMILES string of the molecule is COc1cc(NC2=C(c3ccc(NC(C)=O)cc3)C(=O)N(C)C2=O)cc(OC)c1OC. The van der Waals surface area contributed by atoms with E-state index in [0.717, 1.165) is 4.90 Å². The van der Waals surface area contributed by atoms with Crippen LogP contribution in [0.3, 0.4) is 0 Å². The van der Waals surface area contributed by atoms with Crippen molar-refractivity contribution in [2.75, 3.05) is 39.0 Å². The number of methoxy groups -OCH3 is 3. The number of nitrogens with zero attached hydrogens (tertiary/aromatic N) is 1. The Kier molecular flexibility index (Phi) is 6.15. The number of rotatable bonds is 7. The number of benzene rings is 2. The van der Waals surface area contributed by atoms with Gasteiger partial charge in [0.15, 0.2) is 11.5 Å². The van der Waals surface area contributed by atoms with E-state index in [0.29, 0.717) is 34.2 Å². The van der Waals surface area contributed by atoms with Gasteiger partial charge < -0.3 is 24.8 Å². The fraction of sp³-hybridized carbons (Fsp3) is 0.227. The first-order valence-electron chi connectivity index (χ1n) is 9.32. The Morgan fingerprint density at radius 1 is 0.871 bits per heavy atom. The topological polar surface area (TPSA) is 106 Å². The maximum absolute atomic E-state index is 12.8. The van der Waals surface area contributed by atoms with Crippen molar-refractivity contribution < 1.29 is 28.6 Å². The molecule has 0 unspecified atom stereocenters. The van der Waals surface area contributed by atoms with Crippen molar-refractivity contribution in [2.45, 2.75) is 6.92 Å². The second kappa shape index (κ2) is 8.78. The van der Waals surface area contributed by atoms with E-state index >= 15 is 0 Å². The van der Waals surface area contributed by atoms with Gasteiger partial charge in [-0.1, -0.05) is 12.1 Å². The van der Waals surface area contributed by atoms with Gasteiger partial charge in [-0.05, 0) is 17.7 Å². The standard InChI is InChI=1S/C22H23N3O6/c1-12(26)23-14-8-6-13(7-9-14)18-19(22(28)25(2)21(18)27)24-15-10-16(29-3)20(31-5)17(11-15)30-4/h6-11,24H,1-5H3,(H,23,26). The molecule has 162 valence electrons. The van der Waals surface area contributed by atoms with Gasteiger partial charge in [0.2, 0.25) is 11.7 Å². The smallest absolute Gasteiger partial charge is 0.277 e. The molecule has 2 aromatic rings. The normalized spacial score (nSPS) is 13.4. The van der Waals surface area contributed by atoms with Crippen molar-refractivity contribution in [1.29, 1.82) is 0 Å². The number of amides is 3. The van der Waals surface area contributed by atoms with Crippen molar-refractivity contribution in [2.24, 2.45) is 0 Å². The lowest BCUT2D eigenvalue weighted by atomic mass is 10.0. The van der Waals surface area contributed by atoms with Gasteiger partial charge in [-0.25, -0.2) is 0 Å². The lowest BCUT2D eigenvalue weighted by Crippen LogP contribution is -2.27. The maximum Gasteiger partial charge on any atom is 0.277 e. The first-order chi connectivity index (χ1) is 14.8. The third-order valence-corrected chi connectivity index (χ3v) is 4.72. The molecule has 0 atom stereocenters. The molecule has 9 heteroatoms. The Bertz CT molecular complexity index is 1050.